The van der Waals surface area contributed by atoms with Crippen LogP contribution in [0.5, 0.6) is 0 Å². The topological polar surface area (TPSA) is 52.2 Å². The van der Waals surface area contributed by atoms with Crippen LogP contribution in [0.2, 0.25) is 0 Å². The molecular formula is C21H24N4OS. The summed E-state index contributed by atoms with van der Waals surface area (Å²) >= 11 is 1.60. The molecule has 2 aliphatic heterocycles. The van der Waals surface area contributed by atoms with E-state index in [-0.39, 0.29) is 5.56 Å². The number of nitrogens with one attached hydrogen (secondary N) is 1. The molecule has 2 aliphatic rings. The van der Waals surface area contributed by atoms with E-state index in [4.69, 9.17) is 4.98 Å². The smallest absolute Gasteiger partial charge is 0.259 e. The van der Waals surface area contributed by atoms with Gasteiger partial charge in [0.2, 0.25) is 0 Å². The van der Waals surface area contributed by atoms with E-state index in [1.54, 1.807) is 11.3 Å². The zero-order valence-corrected chi connectivity index (χ0v) is 16.3. The van der Waals surface area contributed by atoms with Crippen LogP contribution in [0.1, 0.15) is 18.7 Å². The Morgan fingerprint density at radius 3 is 2.89 bits per heavy atom. The first kappa shape index (κ1) is 17.1. The van der Waals surface area contributed by atoms with Gasteiger partial charge in [0, 0.05) is 17.5 Å². The first-order valence-corrected chi connectivity index (χ1v) is 10.5. The third-order valence-corrected chi connectivity index (χ3v) is 7.12. The average Bonchev–Trinajstić information content (AvgIpc) is 3.27. The van der Waals surface area contributed by atoms with Gasteiger partial charge < -0.3 is 9.88 Å². The summed E-state index contributed by atoms with van der Waals surface area (Å²) in [5.41, 5.74) is 1.11. The number of rotatable bonds is 3. The molecule has 0 saturated carbocycles. The van der Waals surface area contributed by atoms with Gasteiger partial charge in [-0.3, -0.25) is 9.69 Å². The highest BCUT2D eigenvalue weighted by atomic mass is 32.1. The molecule has 5 nitrogen and oxygen atoms in total. The van der Waals surface area contributed by atoms with E-state index in [1.807, 2.05) is 24.3 Å². The van der Waals surface area contributed by atoms with Crippen molar-refractivity contribution in [1.82, 2.24) is 19.8 Å². The van der Waals surface area contributed by atoms with E-state index in [1.165, 1.54) is 19.4 Å². The van der Waals surface area contributed by atoms with Gasteiger partial charge in [-0.1, -0.05) is 30.3 Å². The first-order chi connectivity index (χ1) is 13.2. The summed E-state index contributed by atoms with van der Waals surface area (Å²) in [6.45, 7) is 4.16. The molecule has 0 spiro atoms. The number of fused-ring (bicyclic) bond motifs is 2. The van der Waals surface area contributed by atoms with Crippen LogP contribution in [0, 0.1) is 5.92 Å². The molecule has 2 saturated heterocycles. The number of piperidine rings is 1. The molecule has 2 atom stereocenters. The summed E-state index contributed by atoms with van der Waals surface area (Å²) in [4.78, 5) is 27.3. The Morgan fingerprint density at radius 1 is 1.22 bits per heavy atom. The Labute approximate surface area is 162 Å². The second-order valence-electron chi connectivity index (χ2n) is 7.85. The molecule has 0 aliphatic carbocycles. The maximum absolute atomic E-state index is 12.6. The van der Waals surface area contributed by atoms with Crippen molar-refractivity contribution in [2.75, 3.05) is 26.7 Å². The zero-order valence-electron chi connectivity index (χ0n) is 15.5. The second-order valence-corrected chi connectivity index (χ2v) is 8.88. The fourth-order valence-corrected chi connectivity index (χ4v) is 5.63. The minimum absolute atomic E-state index is 0.0232. The highest BCUT2D eigenvalue weighted by Crippen LogP contribution is 2.33. The number of likely N-dealkylation sites (tertiary alicyclic amines) is 2. The highest BCUT2D eigenvalue weighted by molar-refractivity contribution is 7.21. The molecule has 5 rings (SSSR count). The normalized spacial score (nSPS) is 23.7. The number of aromatic nitrogens is 2. The summed E-state index contributed by atoms with van der Waals surface area (Å²) in [6.07, 6.45) is 2.55. The summed E-state index contributed by atoms with van der Waals surface area (Å²) in [6, 6.07) is 12.8. The summed E-state index contributed by atoms with van der Waals surface area (Å²) < 4.78 is 0. The molecule has 0 bridgehead atoms. The van der Waals surface area contributed by atoms with Crippen LogP contribution in [0.15, 0.2) is 41.2 Å². The SMILES string of the molecule is CN1CC[C@H]2CCN(Cc3nc4sc(-c5ccccc5)cc4c(=O)[nH]3)[C@@H]2C1. The van der Waals surface area contributed by atoms with Crippen molar-refractivity contribution in [2.45, 2.75) is 25.4 Å². The molecule has 0 amide bonds. The fourth-order valence-electron chi connectivity index (χ4n) is 4.57. The molecule has 0 unspecified atom stereocenters. The van der Waals surface area contributed by atoms with E-state index in [2.05, 4.69) is 34.0 Å². The number of thiophene rings is 1. The van der Waals surface area contributed by atoms with E-state index in [0.717, 1.165) is 46.6 Å². The van der Waals surface area contributed by atoms with Gasteiger partial charge in [0.25, 0.3) is 5.56 Å². The van der Waals surface area contributed by atoms with Gasteiger partial charge in [-0.05, 0) is 50.5 Å². The van der Waals surface area contributed by atoms with Gasteiger partial charge in [0.05, 0.1) is 11.9 Å². The van der Waals surface area contributed by atoms with Crippen molar-refractivity contribution in [2.24, 2.45) is 5.92 Å². The molecular weight excluding hydrogens is 356 g/mol. The third kappa shape index (κ3) is 3.22. The Morgan fingerprint density at radius 2 is 2.04 bits per heavy atom. The molecule has 0 radical (unpaired) electrons. The monoisotopic (exact) mass is 380 g/mol. The summed E-state index contributed by atoms with van der Waals surface area (Å²) in [5.74, 6) is 1.59. The largest absolute Gasteiger partial charge is 0.309 e. The Balaban J connectivity index is 1.43. The standard InChI is InChI=1S/C21H24N4OS/c1-24-9-7-14-8-10-25(17(14)12-24)13-19-22-20(26)16-11-18(27-21(16)23-19)15-5-3-2-4-6-15/h2-6,11,14,17H,7-10,12-13H2,1H3,(H,22,23,26)/t14-,17+/m0/s1. The van der Waals surface area contributed by atoms with E-state index in [0.29, 0.717) is 11.4 Å². The number of hydrogen-bond acceptors (Lipinski definition) is 5. The summed E-state index contributed by atoms with van der Waals surface area (Å²) in [7, 11) is 2.20. The van der Waals surface area contributed by atoms with Crippen LogP contribution in [0.25, 0.3) is 20.7 Å². The average molecular weight is 381 g/mol. The Hall–Kier alpha value is -2.02. The molecule has 4 heterocycles. The van der Waals surface area contributed by atoms with Gasteiger partial charge in [-0.25, -0.2) is 4.98 Å². The number of aromatic amines is 1. The van der Waals surface area contributed by atoms with Crippen LogP contribution in [-0.2, 0) is 6.54 Å². The number of H-pyrrole nitrogens is 1. The van der Waals surface area contributed by atoms with Gasteiger partial charge in [-0.15, -0.1) is 11.3 Å². The minimum atomic E-state index is -0.0232. The van der Waals surface area contributed by atoms with Crippen molar-refractivity contribution in [3.63, 3.8) is 0 Å². The van der Waals surface area contributed by atoms with Crippen molar-refractivity contribution in [3.05, 3.63) is 52.6 Å². The van der Waals surface area contributed by atoms with Crippen LogP contribution in [0.4, 0.5) is 0 Å². The van der Waals surface area contributed by atoms with E-state index in [9.17, 15) is 4.79 Å². The predicted molar refractivity (Wildman–Crippen MR) is 110 cm³/mol. The zero-order chi connectivity index (χ0) is 18.4. The Kier molecular flexibility index (Phi) is 4.34. The second kappa shape index (κ2) is 6.86. The lowest BCUT2D eigenvalue weighted by Crippen LogP contribution is -2.46. The number of benzene rings is 1. The van der Waals surface area contributed by atoms with Crippen molar-refractivity contribution < 1.29 is 0 Å². The first-order valence-electron chi connectivity index (χ1n) is 9.68. The number of nitrogens with zero attached hydrogens (tertiary/aromatic N) is 3. The lowest BCUT2D eigenvalue weighted by Gasteiger charge is -2.36. The molecule has 2 fully saturated rings. The molecule has 3 aromatic rings. The van der Waals surface area contributed by atoms with Gasteiger partial charge in [-0.2, -0.15) is 0 Å². The van der Waals surface area contributed by atoms with Crippen molar-refractivity contribution in [3.8, 4) is 10.4 Å². The van der Waals surface area contributed by atoms with Gasteiger partial charge in [0.1, 0.15) is 10.7 Å². The molecule has 2 aromatic heterocycles. The van der Waals surface area contributed by atoms with Crippen molar-refractivity contribution >= 4 is 21.6 Å². The van der Waals surface area contributed by atoms with Crippen LogP contribution >= 0.6 is 11.3 Å². The fraction of sp³-hybridized carbons (Fsp3) is 0.429. The molecule has 6 heteroatoms. The molecule has 140 valence electrons. The van der Waals surface area contributed by atoms with E-state index >= 15 is 0 Å². The van der Waals surface area contributed by atoms with Crippen molar-refractivity contribution in [1.29, 1.82) is 0 Å². The summed E-state index contributed by atoms with van der Waals surface area (Å²) in [5, 5.41) is 0.694. The molecule has 1 aromatic carbocycles. The van der Waals surface area contributed by atoms with E-state index < -0.39 is 0 Å². The lowest BCUT2D eigenvalue weighted by molar-refractivity contribution is 0.117. The van der Waals surface area contributed by atoms with Crippen LogP contribution in [-0.4, -0.2) is 52.5 Å². The lowest BCUT2D eigenvalue weighted by atomic mass is 9.92. The van der Waals surface area contributed by atoms with Gasteiger partial charge in [0.15, 0.2) is 0 Å². The quantitative estimate of drug-likeness (QED) is 0.758. The number of likely N-dealkylation sites (N-methyl/N-ethyl adjacent to an activating group) is 1. The van der Waals surface area contributed by atoms with Crippen LogP contribution < -0.4 is 5.56 Å². The third-order valence-electron chi connectivity index (χ3n) is 6.04. The molecule has 1 N–H and O–H groups in total. The number of hydrogen-bond donors (Lipinski definition) is 1. The Bertz CT molecular complexity index is 1010. The molecule has 27 heavy (non-hydrogen) atoms. The predicted octanol–water partition coefficient (Wildman–Crippen LogP) is 3.18. The van der Waals surface area contributed by atoms with Gasteiger partial charge >= 0.3 is 0 Å². The van der Waals surface area contributed by atoms with Crippen LogP contribution in [0.3, 0.4) is 0 Å². The maximum atomic E-state index is 12.6. The maximum Gasteiger partial charge on any atom is 0.259 e. The highest BCUT2D eigenvalue weighted by Gasteiger charge is 2.37. The minimum Gasteiger partial charge on any atom is -0.309 e.